The molecule has 0 heterocycles. The predicted octanol–water partition coefficient (Wildman–Crippen LogP) is 2.86. The zero-order chi connectivity index (χ0) is 19.2. The molecule has 1 fully saturated rings. The van der Waals surface area contributed by atoms with Gasteiger partial charge >= 0.3 is 6.18 Å². The van der Waals surface area contributed by atoms with Crippen molar-refractivity contribution in [2.75, 3.05) is 18.5 Å². The second kappa shape index (κ2) is 7.96. The van der Waals surface area contributed by atoms with Gasteiger partial charge in [-0.15, -0.1) is 0 Å². The molecule has 138 valence electrons. The van der Waals surface area contributed by atoms with Crippen LogP contribution < -0.4 is 15.4 Å². The third-order valence-corrected chi connectivity index (χ3v) is 3.99. The average molecular weight is 366 g/mol. The van der Waals surface area contributed by atoms with E-state index in [4.69, 9.17) is 5.26 Å². The van der Waals surface area contributed by atoms with Crippen LogP contribution in [-0.2, 0) is 4.79 Å². The molecule has 0 aromatic heterocycles. The first-order chi connectivity index (χ1) is 12.3. The molecule has 1 saturated carbocycles. The van der Waals surface area contributed by atoms with Crippen molar-refractivity contribution >= 4 is 11.6 Å². The lowest BCUT2D eigenvalue weighted by atomic mass is 10.00. The fraction of sp³-hybridized carbons (Fsp3) is 0.471. The lowest BCUT2D eigenvalue weighted by Gasteiger charge is -2.22. The zero-order valence-corrected chi connectivity index (χ0v) is 13.8. The number of hydrogen-bond acceptors (Lipinski definition) is 5. The van der Waals surface area contributed by atoms with E-state index in [1.165, 1.54) is 18.2 Å². The van der Waals surface area contributed by atoms with E-state index in [9.17, 15) is 23.2 Å². The van der Waals surface area contributed by atoms with E-state index >= 15 is 0 Å². The van der Waals surface area contributed by atoms with E-state index in [0.29, 0.717) is 18.5 Å². The van der Waals surface area contributed by atoms with Gasteiger partial charge in [0.25, 0.3) is 0 Å². The lowest BCUT2D eigenvalue weighted by molar-refractivity contribution is -0.153. The van der Waals surface area contributed by atoms with Crippen LogP contribution in [0.1, 0.15) is 31.2 Å². The Kier molecular flexibility index (Phi) is 5.93. The van der Waals surface area contributed by atoms with Crippen molar-refractivity contribution in [1.29, 1.82) is 10.5 Å². The van der Waals surface area contributed by atoms with Gasteiger partial charge in [-0.2, -0.15) is 23.7 Å². The van der Waals surface area contributed by atoms with Crippen LogP contribution in [0.15, 0.2) is 18.2 Å². The summed E-state index contributed by atoms with van der Waals surface area (Å²) in [5.74, 6) is -0.557. The molecule has 2 N–H and O–H groups in total. The minimum atomic E-state index is -4.50. The molecule has 1 amide bonds. The van der Waals surface area contributed by atoms with Gasteiger partial charge in [0, 0.05) is 5.69 Å². The summed E-state index contributed by atoms with van der Waals surface area (Å²) in [6, 6.07) is 7.85. The number of rotatable bonds is 6. The van der Waals surface area contributed by atoms with Gasteiger partial charge in [-0.1, -0.05) is 0 Å². The molecule has 26 heavy (non-hydrogen) atoms. The van der Waals surface area contributed by atoms with Crippen molar-refractivity contribution in [2.24, 2.45) is 0 Å². The van der Waals surface area contributed by atoms with E-state index in [1.54, 1.807) is 6.07 Å². The third-order valence-electron chi connectivity index (χ3n) is 3.99. The van der Waals surface area contributed by atoms with Crippen molar-refractivity contribution in [3.8, 4) is 17.9 Å². The highest BCUT2D eigenvalue weighted by molar-refractivity contribution is 5.82. The van der Waals surface area contributed by atoms with Gasteiger partial charge in [-0.3, -0.25) is 4.79 Å². The maximum absolute atomic E-state index is 12.2. The van der Waals surface area contributed by atoms with Crippen LogP contribution in [0.5, 0.6) is 5.75 Å². The molecule has 0 unspecified atom stereocenters. The number of hydrogen-bond donors (Lipinski definition) is 2. The number of nitrogens with zero attached hydrogens (tertiary/aromatic N) is 2. The fourth-order valence-corrected chi connectivity index (χ4v) is 2.75. The number of ether oxygens (including phenoxy) is 1. The minimum Gasteiger partial charge on any atom is -0.483 e. The van der Waals surface area contributed by atoms with Crippen LogP contribution in [0, 0.1) is 22.7 Å². The molecule has 0 bridgehead atoms. The Bertz CT molecular complexity index is 744. The smallest absolute Gasteiger partial charge is 0.422 e. The van der Waals surface area contributed by atoms with Gasteiger partial charge in [0.1, 0.15) is 17.4 Å². The Morgan fingerprint density at radius 3 is 2.54 bits per heavy atom. The summed E-state index contributed by atoms with van der Waals surface area (Å²) < 4.78 is 41.2. The Morgan fingerprint density at radius 1 is 1.27 bits per heavy atom. The third kappa shape index (κ3) is 5.28. The topological polar surface area (TPSA) is 97.9 Å². The Labute approximate surface area is 148 Å². The molecule has 0 aliphatic heterocycles. The second-order valence-electron chi connectivity index (χ2n) is 6.03. The summed E-state index contributed by atoms with van der Waals surface area (Å²) >= 11 is 0. The number of alkyl halides is 3. The summed E-state index contributed by atoms with van der Waals surface area (Å²) in [5.41, 5.74) is -0.524. The molecule has 1 aromatic carbocycles. The first-order valence-corrected chi connectivity index (χ1v) is 7.97. The van der Waals surface area contributed by atoms with Crippen LogP contribution in [0.2, 0.25) is 0 Å². The normalized spacial score (nSPS) is 15.6. The zero-order valence-electron chi connectivity index (χ0n) is 13.8. The maximum Gasteiger partial charge on any atom is 0.422 e. The molecule has 0 atom stereocenters. The molecule has 0 spiro atoms. The number of benzene rings is 1. The van der Waals surface area contributed by atoms with Gasteiger partial charge in [-0.25, -0.2) is 0 Å². The number of nitriles is 2. The average Bonchev–Trinajstić information content (AvgIpc) is 3.06. The standard InChI is InChI=1S/C17H17F3N4O2/c18-17(19,20)11-26-14-4-3-13(7-12(14)8-21)23-9-15(25)24-16(10-22)5-1-2-6-16/h3-4,7,23H,1-2,5-6,9,11H2,(H,24,25). The second-order valence-corrected chi connectivity index (χ2v) is 6.03. The van der Waals surface area contributed by atoms with Crippen molar-refractivity contribution in [1.82, 2.24) is 5.32 Å². The van der Waals surface area contributed by atoms with Crippen molar-refractivity contribution < 1.29 is 22.7 Å². The highest BCUT2D eigenvalue weighted by Gasteiger charge is 2.35. The van der Waals surface area contributed by atoms with E-state index in [2.05, 4.69) is 21.4 Å². The number of carbonyl (C=O) groups is 1. The first kappa shape index (κ1) is 19.4. The van der Waals surface area contributed by atoms with Crippen LogP contribution in [0.25, 0.3) is 0 Å². The summed E-state index contributed by atoms with van der Waals surface area (Å²) in [4.78, 5) is 12.0. The van der Waals surface area contributed by atoms with Gasteiger partial charge in [0.05, 0.1) is 18.2 Å². The Balaban J connectivity index is 1.94. The lowest BCUT2D eigenvalue weighted by Crippen LogP contribution is -2.47. The number of carbonyl (C=O) groups excluding carboxylic acids is 1. The van der Waals surface area contributed by atoms with Crippen molar-refractivity contribution in [3.05, 3.63) is 23.8 Å². The highest BCUT2D eigenvalue weighted by atomic mass is 19.4. The van der Waals surface area contributed by atoms with E-state index in [0.717, 1.165) is 12.8 Å². The molecular weight excluding hydrogens is 349 g/mol. The van der Waals surface area contributed by atoms with Crippen LogP contribution in [0.3, 0.4) is 0 Å². The quantitative estimate of drug-likeness (QED) is 0.807. The molecule has 1 aliphatic carbocycles. The van der Waals surface area contributed by atoms with Gasteiger partial charge in [0.2, 0.25) is 5.91 Å². The minimum absolute atomic E-state index is 0.0797. The first-order valence-electron chi connectivity index (χ1n) is 7.97. The Hall–Kier alpha value is -2.94. The molecule has 0 radical (unpaired) electrons. The highest BCUT2D eigenvalue weighted by Crippen LogP contribution is 2.29. The van der Waals surface area contributed by atoms with Crippen molar-refractivity contribution in [2.45, 2.75) is 37.4 Å². The number of amides is 1. The molecule has 1 aliphatic rings. The van der Waals surface area contributed by atoms with Gasteiger partial charge < -0.3 is 15.4 Å². The van der Waals surface area contributed by atoms with Crippen molar-refractivity contribution in [3.63, 3.8) is 0 Å². The molecule has 1 aromatic rings. The Morgan fingerprint density at radius 2 is 1.96 bits per heavy atom. The van der Waals surface area contributed by atoms with Crippen LogP contribution in [0.4, 0.5) is 18.9 Å². The number of nitrogens with one attached hydrogen (secondary N) is 2. The fourth-order valence-electron chi connectivity index (χ4n) is 2.75. The largest absolute Gasteiger partial charge is 0.483 e. The number of anilines is 1. The molecule has 9 heteroatoms. The van der Waals surface area contributed by atoms with E-state index in [-0.39, 0.29) is 23.8 Å². The predicted molar refractivity (Wildman–Crippen MR) is 86.2 cm³/mol. The monoisotopic (exact) mass is 366 g/mol. The summed E-state index contributed by atoms with van der Waals surface area (Å²) in [6.45, 7) is -1.62. The van der Waals surface area contributed by atoms with Gasteiger partial charge in [-0.05, 0) is 43.9 Å². The van der Waals surface area contributed by atoms with Crippen LogP contribution in [-0.4, -0.2) is 30.8 Å². The van der Waals surface area contributed by atoms with Crippen LogP contribution >= 0.6 is 0 Å². The molecule has 0 saturated heterocycles. The molecule has 6 nitrogen and oxygen atoms in total. The van der Waals surface area contributed by atoms with Gasteiger partial charge in [0.15, 0.2) is 6.61 Å². The summed E-state index contributed by atoms with van der Waals surface area (Å²) in [5, 5.41) is 23.8. The maximum atomic E-state index is 12.2. The summed E-state index contributed by atoms with van der Waals surface area (Å²) in [7, 11) is 0. The van der Waals surface area contributed by atoms with E-state index in [1.807, 2.05) is 0 Å². The summed E-state index contributed by atoms with van der Waals surface area (Å²) in [6.07, 6.45) is -1.52. The molecular formula is C17H17F3N4O2. The molecule has 2 rings (SSSR count). The number of halogens is 3. The van der Waals surface area contributed by atoms with E-state index < -0.39 is 18.3 Å². The SMILES string of the molecule is N#Cc1cc(NCC(=O)NC2(C#N)CCCC2)ccc1OCC(F)(F)F.